The third kappa shape index (κ3) is 4.29. The van der Waals surface area contributed by atoms with E-state index in [0.717, 1.165) is 29.4 Å². The molecule has 1 aromatic rings. The largest absolute Gasteiger partial charge is 0.495 e. The van der Waals surface area contributed by atoms with Gasteiger partial charge in [0.2, 0.25) is 0 Å². The van der Waals surface area contributed by atoms with E-state index < -0.39 is 0 Å². The average molecular weight is 283 g/mol. The van der Waals surface area contributed by atoms with Gasteiger partial charge in [0.05, 0.1) is 12.8 Å². The Balaban J connectivity index is 1.93. The molecule has 4 heteroatoms. The maximum atomic E-state index is 6.04. The maximum Gasteiger partial charge on any atom is 0.142 e. The molecule has 1 aliphatic heterocycles. The summed E-state index contributed by atoms with van der Waals surface area (Å²) in [7, 11) is 1.68. The molecule has 1 aliphatic rings. The molecule has 0 saturated carbocycles. The molecule has 1 heterocycles. The topological polar surface area (TPSA) is 33.3 Å². The number of ether oxygens (including phenoxy) is 1. The minimum Gasteiger partial charge on any atom is -0.495 e. The second-order valence-electron chi connectivity index (χ2n) is 5.27. The van der Waals surface area contributed by atoms with Crippen LogP contribution in [-0.2, 0) is 0 Å². The lowest BCUT2D eigenvalue weighted by atomic mass is 9.98. The SMILES string of the molecule is COc1ccc(Cl)cc1NC(C)CC1CCCCN1. The van der Waals surface area contributed by atoms with E-state index in [2.05, 4.69) is 17.6 Å². The minimum absolute atomic E-state index is 0.392. The zero-order valence-corrected chi connectivity index (χ0v) is 12.5. The summed E-state index contributed by atoms with van der Waals surface area (Å²) in [6, 6.07) is 6.68. The first-order chi connectivity index (χ1) is 9.19. The van der Waals surface area contributed by atoms with Crippen LogP contribution in [0.25, 0.3) is 0 Å². The molecule has 2 atom stereocenters. The van der Waals surface area contributed by atoms with Crippen molar-refractivity contribution in [3.63, 3.8) is 0 Å². The molecule has 1 fully saturated rings. The molecular formula is C15H23ClN2O. The van der Waals surface area contributed by atoms with E-state index in [0.29, 0.717) is 12.1 Å². The van der Waals surface area contributed by atoms with Crippen LogP contribution < -0.4 is 15.4 Å². The molecule has 3 nitrogen and oxygen atoms in total. The van der Waals surface area contributed by atoms with Crippen LogP contribution >= 0.6 is 11.6 Å². The Hall–Kier alpha value is -0.930. The first-order valence-electron chi connectivity index (χ1n) is 7.02. The van der Waals surface area contributed by atoms with Crippen molar-refractivity contribution in [2.45, 2.75) is 44.7 Å². The van der Waals surface area contributed by atoms with Gasteiger partial charge in [0.15, 0.2) is 0 Å². The summed E-state index contributed by atoms with van der Waals surface area (Å²) in [5.74, 6) is 0.841. The number of rotatable bonds is 5. The standard InChI is InChI=1S/C15H23ClN2O/c1-11(9-13-5-3-4-8-17-13)18-14-10-12(16)6-7-15(14)19-2/h6-7,10-11,13,17-18H,3-5,8-9H2,1-2H3. The summed E-state index contributed by atoms with van der Waals surface area (Å²) >= 11 is 6.04. The zero-order valence-electron chi connectivity index (χ0n) is 11.7. The van der Waals surface area contributed by atoms with Gasteiger partial charge in [0, 0.05) is 17.1 Å². The Morgan fingerprint density at radius 3 is 3.00 bits per heavy atom. The third-order valence-corrected chi connectivity index (χ3v) is 3.85. The number of piperidine rings is 1. The molecule has 1 aromatic carbocycles. The summed E-state index contributed by atoms with van der Waals surface area (Å²) in [4.78, 5) is 0. The van der Waals surface area contributed by atoms with Gasteiger partial charge in [0.1, 0.15) is 5.75 Å². The highest BCUT2D eigenvalue weighted by Gasteiger charge is 2.16. The highest BCUT2D eigenvalue weighted by atomic mass is 35.5. The van der Waals surface area contributed by atoms with Crippen molar-refractivity contribution < 1.29 is 4.74 Å². The van der Waals surface area contributed by atoms with E-state index in [-0.39, 0.29) is 0 Å². The van der Waals surface area contributed by atoms with Crippen molar-refractivity contribution in [1.29, 1.82) is 0 Å². The van der Waals surface area contributed by atoms with Crippen molar-refractivity contribution in [3.05, 3.63) is 23.2 Å². The average Bonchev–Trinajstić information content (AvgIpc) is 2.40. The van der Waals surface area contributed by atoms with E-state index in [4.69, 9.17) is 16.3 Å². The van der Waals surface area contributed by atoms with Crippen LogP contribution in [0.5, 0.6) is 5.75 Å². The molecule has 1 saturated heterocycles. The summed E-state index contributed by atoms with van der Waals surface area (Å²) < 4.78 is 5.35. The quantitative estimate of drug-likeness (QED) is 0.864. The number of hydrogen-bond acceptors (Lipinski definition) is 3. The first-order valence-corrected chi connectivity index (χ1v) is 7.40. The van der Waals surface area contributed by atoms with Crippen molar-refractivity contribution >= 4 is 17.3 Å². The van der Waals surface area contributed by atoms with Gasteiger partial charge < -0.3 is 15.4 Å². The van der Waals surface area contributed by atoms with Crippen LogP contribution in [0.15, 0.2) is 18.2 Å². The van der Waals surface area contributed by atoms with Crippen LogP contribution in [0.3, 0.4) is 0 Å². The number of anilines is 1. The number of halogens is 1. The van der Waals surface area contributed by atoms with Crippen molar-refractivity contribution in [3.8, 4) is 5.75 Å². The number of hydrogen-bond donors (Lipinski definition) is 2. The predicted molar refractivity (Wildman–Crippen MR) is 81.3 cm³/mol. The van der Waals surface area contributed by atoms with Gasteiger partial charge in [-0.2, -0.15) is 0 Å². The Morgan fingerprint density at radius 2 is 2.32 bits per heavy atom. The van der Waals surface area contributed by atoms with Gasteiger partial charge in [0.25, 0.3) is 0 Å². The molecular weight excluding hydrogens is 260 g/mol. The molecule has 19 heavy (non-hydrogen) atoms. The van der Waals surface area contributed by atoms with E-state index in [1.54, 1.807) is 7.11 Å². The molecule has 2 unspecified atom stereocenters. The minimum atomic E-state index is 0.392. The lowest BCUT2D eigenvalue weighted by molar-refractivity contribution is 0.370. The smallest absolute Gasteiger partial charge is 0.142 e. The van der Waals surface area contributed by atoms with Crippen molar-refractivity contribution in [2.75, 3.05) is 19.0 Å². The van der Waals surface area contributed by atoms with Crippen LogP contribution in [0.4, 0.5) is 5.69 Å². The highest BCUT2D eigenvalue weighted by Crippen LogP contribution is 2.28. The van der Waals surface area contributed by atoms with Crippen LogP contribution in [-0.4, -0.2) is 25.7 Å². The molecule has 0 aromatic heterocycles. The van der Waals surface area contributed by atoms with E-state index in [9.17, 15) is 0 Å². The Bertz CT molecular complexity index is 405. The number of nitrogens with one attached hydrogen (secondary N) is 2. The first kappa shape index (κ1) is 14.5. The summed E-state index contributed by atoms with van der Waals surface area (Å²) in [6.45, 7) is 3.36. The zero-order chi connectivity index (χ0) is 13.7. The third-order valence-electron chi connectivity index (χ3n) is 3.61. The van der Waals surface area contributed by atoms with E-state index in [1.807, 2.05) is 18.2 Å². The van der Waals surface area contributed by atoms with Gasteiger partial charge >= 0.3 is 0 Å². The molecule has 0 bridgehead atoms. The van der Waals surface area contributed by atoms with E-state index >= 15 is 0 Å². The fourth-order valence-electron chi connectivity index (χ4n) is 2.67. The molecule has 2 N–H and O–H groups in total. The molecule has 106 valence electrons. The van der Waals surface area contributed by atoms with Crippen molar-refractivity contribution in [2.24, 2.45) is 0 Å². The fourth-order valence-corrected chi connectivity index (χ4v) is 2.84. The number of methoxy groups -OCH3 is 1. The Kier molecular flexibility index (Phi) is 5.34. The predicted octanol–water partition coefficient (Wildman–Crippen LogP) is 3.68. The monoisotopic (exact) mass is 282 g/mol. The molecule has 0 amide bonds. The highest BCUT2D eigenvalue weighted by molar-refractivity contribution is 6.30. The lowest BCUT2D eigenvalue weighted by Gasteiger charge is -2.27. The Morgan fingerprint density at radius 1 is 1.47 bits per heavy atom. The number of benzene rings is 1. The molecule has 0 radical (unpaired) electrons. The van der Waals surface area contributed by atoms with Gasteiger partial charge in [-0.3, -0.25) is 0 Å². The van der Waals surface area contributed by atoms with Crippen molar-refractivity contribution in [1.82, 2.24) is 5.32 Å². The van der Waals surface area contributed by atoms with Crippen LogP contribution in [0.2, 0.25) is 5.02 Å². The fraction of sp³-hybridized carbons (Fsp3) is 0.600. The van der Waals surface area contributed by atoms with E-state index in [1.165, 1.54) is 19.3 Å². The Labute approximate surface area is 120 Å². The summed E-state index contributed by atoms with van der Waals surface area (Å²) in [5, 5.41) is 7.81. The van der Waals surface area contributed by atoms with Crippen LogP contribution in [0, 0.1) is 0 Å². The van der Waals surface area contributed by atoms with Gasteiger partial charge in [-0.25, -0.2) is 0 Å². The molecule has 0 spiro atoms. The second kappa shape index (κ2) is 7.01. The normalized spacial score (nSPS) is 20.9. The second-order valence-corrected chi connectivity index (χ2v) is 5.71. The molecule has 2 rings (SSSR count). The summed E-state index contributed by atoms with van der Waals surface area (Å²) in [5.41, 5.74) is 0.971. The van der Waals surface area contributed by atoms with Crippen LogP contribution in [0.1, 0.15) is 32.6 Å². The van der Waals surface area contributed by atoms with Gasteiger partial charge in [-0.05, 0) is 50.9 Å². The van der Waals surface area contributed by atoms with Gasteiger partial charge in [-0.15, -0.1) is 0 Å². The van der Waals surface area contributed by atoms with Gasteiger partial charge in [-0.1, -0.05) is 18.0 Å². The summed E-state index contributed by atoms with van der Waals surface area (Å²) in [6.07, 6.45) is 5.04. The molecule has 0 aliphatic carbocycles. The lowest BCUT2D eigenvalue weighted by Crippen LogP contribution is -2.37. The maximum absolute atomic E-state index is 6.04.